The fraction of sp³-hybridized carbons (Fsp3) is 0.727. The summed E-state index contributed by atoms with van der Waals surface area (Å²) in [6.07, 6.45) is 2.04. The Bertz CT molecular complexity index is 376. The topological polar surface area (TPSA) is 109 Å². The average molecular weight is 270 g/mol. The molecule has 0 aromatic carbocycles. The lowest BCUT2D eigenvalue weighted by Crippen LogP contribution is -2.30. The molecule has 0 aliphatic carbocycles. The highest BCUT2D eigenvalue weighted by molar-refractivity contribution is 5.37. The minimum absolute atomic E-state index is 0.0325. The molecule has 0 radical (unpaired) electrons. The summed E-state index contributed by atoms with van der Waals surface area (Å²) in [6.45, 7) is 5.66. The summed E-state index contributed by atoms with van der Waals surface area (Å²) in [5.41, 5.74) is 2.39. The van der Waals surface area contributed by atoms with Gasteiger partial charge in [0.1, 0.15) is 0 Å². The lowest BCUT2D eigenvalue weighted by molar-refractivity contribution is 0.298. The predicted octanol–water partition coefficient (Wildman–Crippen LogP) is 0.155. The van der Waals surface area contributed by atoms with Crippen LogP contribution in [0.2, 0.25) is 0 Å². The summed E-state index contributed by atoms with van der Waals surface area (Å²) >= 11 is 0. The van der Waals surface area contributed by atoms with E-state index in [9.17, 15) is 0 Å². The monoisotopic (exact) mass is 270 g/mol. The SMILES string of the molecule is CCCCN(CCO)c1nc(NN)nc(OCC)n1. The number of anilines is 2. The highest BCUT2D eigenvalue weighted by Gasteiger charge is 2.13. The third-order valence-electron chi connectivity index (χ3n) is 2.44. The van der Waals surface area contributed by atoms with Gasteiger partial charge in [0.05, 0.1) is 13.2 Å². The van der Waals surface area contributed by atoms with Crippen molar-refractivity contribution in [3.8, 4) is 6.01 Å². The number of nitrogens with one attached hydrogen (secondary N) is 1. The smallest absolute Gasteiger partial charge is 0.323 e. The van der Waals surface area contributed by atoms with Crippen LogP contribution in [0.15, 0.2) is 0 Å². The third-order valence-corrected chi connectivity index (χ3v) is 2.44. The van der Waals surface area contributed by atoms with E-state index in [4.69, 9.17) is 15.7 Å². The van der Waals surface area contributed by atoms with Crippen LogP contribution in [0.4, 0.5) is 11.9 Å². The number of nitrogen functional groups attached to an aromatic ring is 1. The molecule has 0 spiro atoms. The molecule has 0 fully saturated rings. The Kier molecular flexibility index (Phi) is 6.83. The van der Waals surface area contributed by atoms with Crippen molar-refractivity contribution in [3.63, 3.8) is 0 Å². The first-order valence-electron chi connectivity index (χ1n) is 6.46. The highest BCUT2D eigenvalue weighted by atomic mass is 16.5. The van der Waals surface area contributed by atoms with Crippen molar-refractivity contribution in [1.82, 2.24) is 15.0 Å². The van der Waals surface area contributed by atoms with Gasteiger partial charge >= 0.3 is 6.01 Å². The number of aromatic nitrogens is 3. The summed E-state index contributed by atoms with van der Waals surface area (Å²) in [6, 6.07) is 0.222. The number of aliphatic hydroxyl groups excluding tert-OH is 1. The van der Waals surface area contributed by atoms with Crippen LogP contribution in [0.25, 0.3) is 0 Å². The molecular weight excluding hydrogens is 248 g/mol. The van der Waals surface area contributed by atoms with Crippen LogP contribution in [0.1, 0.15) is 26.7 Å². The van der Waals surface area contributed by atoms with Gasteiger partial charge in [0.2, 0.25) is 11.9 Å². The minimum atomic E-state index is 0.0325. The van der Waals surface area contributed by atoms with Gasteiger partial charge in [-0.05, 0) is 13.3 Å². The molecule has 0 aliphatic rings. The zero-order valence-corrected chi connectivity index (χ0v) is 11.5. The van der Waals surface area contributed by atoms with Crippen LogP contribution in [-0.2, 0) is 0 Å². The predicted molar refractivity (Wildman–Crippen MR) is 73.0 cm³/mol. The van der Waals surface area contributed by atoms with Gasteiger partial charge in [0.25, 0.3) is 0 Å². The van der Waals surface area contributed by atoms with Crippen molar-refractivity contribution < 1.29 is 9.84 Å². The first-order valence-corrected chi connectivity index (χ1v) is 6.46. The fourth-order valence-corrected chi connectivity index (χ4v) is 1.53. The lowest BCUT2D eigenvalue weighted by Gasteiger charge is -2.21. The van der Waals surface area contributed by atoms with Crippen molar-refractivity contribution in [1.29, 1.82) is 0 Å². The van der Waals surface area contributed by atoms with Crippen molar-refractivity contribution in [2.45, 2.75) is 26.7 Å². The molecule has 1 rings (SSSR count). The van der Waals surface area contributed by atoms with E-state index in [1.54, 1.807) is 0 Å². The second-order valence-electron chi connectivity index (χ2n) is 3.88. The largest absolute Gasteiger partial charge is 0.464 e. The number of hydrazine groups is 1. The number of nitrogens with zero attached hydrogens (tertiary/aromatic N) is 4. The standard InChI is InChI=1S/C11H22N6O2/c1-3-5-6-17(7-8-18)10-13-9(16-12)14-11(15-10)19-4-2/h18H,3-8,12H2,1-2H3,(H,13,14,15,16). The number of hydrogen-bond donors (Lipinski definition) is 3. The zero-order valence-electron chi connectivity index (χ0n) is 11.5. The summed E-state index contributed by atoms with van der Waals surface area (Å²) < 4.78 is 5.27. The normalized spacial score (nSPS) is 10.3. The van der Waals surface area contributed by atoms with E-state index in [0.29, 0.717) is 19.1 Å². The molecule has 4 N–H and O–H groups in total. The molecule has 0 saturated heterocycles. The molecule has 0 saturated carbocycles. The Hall–Kier alpha value is -1.67. The Morgan fingerprint density at radius 3 is 2.63 bits per heavy atom. The molecule has 8 nitrogen and oxygen atoms in total. The molecule has 0 aliphatic heterocycles. The van der Waals surface area contributed by atoms with Gasteiger partial charge in [0.15, 0.2) is 0 Å². The third kappa shape index (κ3) is 4.84. The molecule has 8 heteroatoms. The number of unbranched alkanes of at least 4 members (excludes halogenated alkanes) is 1. The Balaban J connectivity index is 2.95. The van der Waals surface area contributed by atoms with E-state index < -0.39 is 0 Å². The van der Waals surface area contributed by atoms with E-state index in [1.165, 1.54) is 0 Å². The van der Waals surface area contributed by atoms with Crippen LogP contribution >= 0.6 is 0 Å². The molecule has 108 valence electrons. The summed E-state index contributed by atoms with van der Waals surface area (Å²) in [7, 11) is 0. The number of nitrogens with two attached hydrogens (primary N) is 1. The Morgan fingerprint density at radius 2 is 2.05 bits per heavy atom. The van der Waals surface area contributed by atoms with Gasteiger partial charge in [-0.1, -0.05) is 13.3 Å². The molecular formula is C11H22N6O2. The van der Waals surface area contributed by atoms with Crippen LogP contribution < -0.4 is 20.9 Å². The van der Waals surface area contributed by atoms with Gasteiger partial charge in [0, 0.05) is 13.1 Å². The Morgan fingerprint density at radius 1 is 1.26 bits per heavy atom. The van der Waals surface area contributed by atoms with Gasteiger partial charge in [-0.15, -0.1) is 0 Å². The van der Waals surface area contributed by atoms with E-state index in [2.05, 4.69) is 27.3 Å². The molecule has 1 aromatic heterocycles. The molecule has 0 unspecified atom stereocenters. The van der Waals surface area contributed by atoms with Crippen LogP contribution in [0, 0.1) is 0 Å². The molecule has 19 heavy (non-hydrogen) atoms. The van der Waals surface area contributed by atoms with Crippen LogP contribution in [0.3, 0.4) is 0 Å². The van der Waals surface area contributed by atoms with E-state index in [-0.39, 0.29) is 18.6 Å². The van der Waals surface area contributed by atoms with Crippen molar-refractivity contribution >= 4 is 11.9 Å². The maximum Gasteiger partial charge on any atom is 0.323 e. The maximum absolute atomic E-state index is 9.11. The number of hydrogen-bond acceptors (Lipinski definition) is 8. The zero-order chi connectivity index (χ0) is 14.1. The van der Waals surface area contributed by atoms with Gasteiger partial charge < -0.3 is 14.7 Å². The van der Waals surface area contributed by atoms with Crippen molar-refractivity contribution in [3.05, 3.63) is 0 Å². The average Bonchev–Trinajstić information content (AvgIpc) is 2.43. The quantitative estimate of drug-likeness (QED) is 0.430. The minimum Gasteiger partial charge on any atom is -0.464 e. The van der Waals surface area contributed by atoms with Crippen molar-refractivity contribution in [2.24, 2.45) is 5.84 Å². The van der Waals surface area contributed by atoms with E-state index in [1.807, 2.05) is 11.8 Å². The van der Waals surface area contributed by atoms with Crippen molar-refractivity contribution in [2.75, 3.05) is 36.6 Å². The molecule has 0 atom stereocenters. The molecule has 1 heterocycles. The summed E-state index contributed by atoms with van der Waals surface area (Å²) in [4.78, 5) is 14.3. The first-order chi connectivity index (χ1) is 9.24. The first kappa shape index (κ1) is 15.4. The number of ether oxygens (including phenoxy) is 1. The second-order valence-corrected chi connectivity index (χ2v) is 3.88. The lowest BCUT2D eigenvalue weighted by atomic mass is 10.3. The summed E-state index contributed by atoms with van der Waals surface area (Å²) in [5.74, 6) is 6.03. The van der Waals surface area contributed by atoms with Crippen LogP contribution in [-0.4, -0.2) is 46.4 Å². The van der Waals surface area contributed by atoms with Gasteiger partial charge in [-0.2, -0.15) is 15.0 Å². The number of rotatable bonds is 9. The molecule has 1 aromatic rings. The molecule has 0 amide bonds. The number of aliphatic hydroxyl groups is 1. The highest BCUT2D eigenvalue weighted by Crippen LogP contribution is 2.15. The Labute approximate surface area is 113 Å². The second kappa shape index (κ2) is 8.44. The maximum atomic E-state index is 9.11. The summed E-state index contributed by atoms with van der Waals surface area (Å²) in [5, 5.41) is 9.11. The fourth-order valence-electron chi connectivity index (χ4n) is 1.53. The van der Waals surface area contributed by atoms with E-state index >= 15 is 0 Å². The van der Waals surface area contributed by atoms with E-state index in [0.717, 1.165) is 19.4 Å². The molecule has 0 bridgehead atoms. The van der Waals surface area contributed by atoms with Gasteiger partial charge in [-0.3, -0.25) is 5.43 Å². The van der Waals surface area contributed by atoms with Gasteiger partial charge in [-0.25, -0.2) is 5.84 Å². The van der Waals surface area contributed by atoms with Crippen LogP contribution in [0.5, 0.6) is 6.01 Å².